The van der Waals surface area contributed by atoms with E-state index in [1.165, 1.54) is 5.56 Å². The molecule has 0 spiro atoms. The average molecular weight is 471 g/mol. The third kappa shape index (κ3) is 8.10. The fraction of sp³-hybridized carbons (Fsp3) is 0.355. The normalized spacial score (nSPS) is 11.7. The van der Waals surface area contributed by atoms with E-state index in [0.717, 1.165) is 40.7 Å². The van der Waals surface area contributed by atoms with Crippen LogP contribution in [0.15, 0.2) is 72.8 Å². The summed E-state index contributed by atoms with van der Waals surface area (Å²) < 4.78 is 0. The first-order valence-corrected chi connectivity index (χ1v) is 12.6. The van der Waals surface area contributed by atoms with Gasteiger partial charge in [0.15, 0.2) is 0 Å². The van der Waals surface area contributed by atoms with Crippen LogP contribution in [0.1, 0.15) is 53.1 Å². The molecule has 4 nitrogen and oxygen atoms in total. The van der Waals surface area contributed by atoms with E-state index >= 15 is 0 Å². The van der Waals surface area contributed by atoms with E-state index in [4.69, 9.17) is 0 Å². The molecule has 0 aliphatic rings. The van der Waals surface area contributed by atoms with Crippen molar-refractivity contribution < 1.29 is 9.59 Å². The molecule has 3 rings (SSSR count). The Bertz CT molecular complexity index is 1090. The van der Waals surface area contributed by atoms with E-state index in [-0.39, 0.29) is 18.2 Å². The third-order valence-electron chi connectivity index (χ3n) is 6.21. The van der Waals surface area contributed by atoms with Gasteiger partial charge in [-0.15, -0.1) is 0 Å². The fourth-order valence-electron chi connectivity index (χ4n) is 4.40. The van der Waals surface area contributed by atoms with Crippen molar-refractivity contribution in [3.63, 3.8) is 0 Å². The Morgan fingerprint density at radius 2 is 1.46 bits per heavy atom. The number of nitrogens with one attached hydrogen (secondary N) is 1. The third-order valence-corrected chi connectivity index (χ3v) is 6.21. The second-order valence-corrected chi connectivity index (χ2v) is 9.53. The van der Waals surface area contributed by atoms with Crippen LogP contribution in [0.4, 0.5) is 0 Å². The Hall–Kier alpha value is -3.40. The highest BCUT2D eigenvalue weighted by Crippen LogP contribution is 2.18. The Balaban J connectivity index is 1.95. The van der Waals surface area contributed by atoms with Crippen molar-refractivity contribution in [1.82, 2.24) is 10.2 Å². The van der Waals surface area contributed by atoms with Gasteiger partial charge in [0, 0.05) is 19.5 Å². The van der Waals surface area contributed by atoms with Crippen LogP contribution in [0.5, 0.6) is 0 Å². The lowest BCUT2D eigenvalue weighted by atomic mass is 10.00. The molecule has 0 saturated heterocycles. The van der Waals surface area contributed by atoms with Gasteiger partial charge in [0.1, 0.15) is 6.04 Å². The molecule has 0 aromatic heterocycles. The zero-order valence-corrected chi connectivity index (χ0v) is 21.5. The molecule has 35 heavy (non-hydrogen) atoms. The molecule has 0 aliphatic carbocycles. The molecule has 1 N–H and O–H groups in total. The highest BCUT2D eigenvalue weighted by Gasteiger charge is 2.30. The van der Waals surface area contributed by atoms with Gasteiger partial charge in [-0.2, -0.15) is 0 Å². The maximum atomic E-state index is 13.8. The zero-order valence-electron chi connectivity index (χ0n) is 21.5. The number of hydrogen-bond acceptors (Lipinski definition) is 2. The molecule has 0 unspecified atom stereocenters. The summed E-state index contributed by atoms with van der Waals surface area (Å²) in [5.41, 5.74) is 6.47. The molecule has 4 heteroatoms. The van der Waals surface area contributed by atoms with Crippen molar-refractivity contribution in [2.45, 2.75) is 66.0 Å². The Morgan fingerprint density at radius 1 is 0.800 bits per heavy atom. The first-order chi connectivity index (χ1) is 16.9. The molecule has 3 aromatic rings. The average Bonchev–Trinajstić information content (AvgIpc) is 2.82. The van der Waals surface area contributed by atoms with Gasteiger partial charge < -0.3 is 10.2 Å². The van der Waals surface area contributed by atoms with Crippen LogP contribution >= 0.6 is 0 Å². The topological polar surface area (TPSA) is 49.4 Å². The van der Waals surface area contributed by atoms with Crippen LogP contribution in [0.2, 0.25) is 0 Å². The Labute approximate surface area is 210 Å². The SMILES string of the molecule is CCCCNC(=O)[C@H](Cc1ccccc1)N(Cc1ccc(C)cc1)C(=O)Cc1cc(C)cc(C)c1. The summed E-state index contributed by atoms with van der Waals surface area (Å²) in [6.07, 6.45) is 2.66. The van der Waals surface area contributed by atoms with Crippen LogP contribution in [0.25, 0.3) is 0 Å². The van der Waals surface area contributed by atoms with Crippen LogP contribution in [0, 0.1) is 20.8 Å². The highest BCUT2D eigenvalue weighted by atomic mass is 16.2. The monoisotopic (exact) mass is 470 g/mol. The largest absolute Gasteiger partial charge is 0.354 e. The molecular weight excluding hydrogens is 432 g/mol. The van der Waals surface area contributed by atoms with Gasteiger partial charge in [-0.25, -0.2) is 0 Å². The number of carbonyl (C=O) groups is 2. The van der Waals surface area contributed by atoms with Crippen LogP contribution in [0.3, 0.4) is 0 Å². The van der Waals surface area contributed by atoms with E-state index < -0.39 is 6.04 Å². The van der Waals surface area contributed by atoms with Gasteiger partial charge in [-0.3, -0.25) is 9.59 Å². The summed E-state index contributed by atoms with van der Waals surface area (Å²) in [7, 11) is 0. The maximum Gasteiger partial charge on any atom is 0.243 e. The number of carbonyl (C=O) groups excluding carboxylic acids is 2. The summed E-state index contributed by atoms with van der Waals surface area (Å²) in [6, 6.07) is 23.8. The van der Waals surface area contributed by atoms with E-state index in [0.29, 0.717) is 19.5 Å². The number of rotatable bonds is 11. The van der Waals surface area contributed by atoms with Crippen molar-refractivity contribution in [3.05, 3.63) is 106 Å². The molecular formula is C31H38N2O2. The second kappa shape index (κ2) is 12.9. The molecule has 0 saturated carbocycles. The van der Waals surface area contributed by atoms with Crippen molar-refractivity contribution in [1.29, 1.82) is 0 Å². The summed E-state index contributed by atoms with van der Waals surface area (Å²) in [5.74, 6) is -0.134. The van der Waals surface area contributed by atoms with E-state index in [1.807, 2.05) is 63.2 Å². The standard InChI is InChI=1S/C31H38N2O2/c1-5-6-16-32-31(35)29(20-26-10-8-7-9-11-26)33(22-27-14-12-23(2)13-15-27)30(34)21-28-18-24(3)17-25(4)19-28/h7-15,17-19,29H,5-6,16,20-22H2,1-4H3,(H,32,35)/t29-/m0/s1. The lowest BCUT2D eigenvalue weighted by molar-refractivity contribution is -0.140. The number of aryl methyl sites for hydroxylation is 3. The van der Waals surface area contributed by atoms with Crippen molar-refractivity contribution in [2.75, 3.05) is 6.54 Å². The molecule has 0 heterocycles. The van der Waals surface area contributed by atoms with Gasteiger partial charge >= 0.3 is 0 Å². The van der Waals surface area contributed by atoms with Gasteiger partial charge in [0.2, 0.25) is 11.8 Å². The summed E-state index contributed by atoms with van der Waals surface area (Å²) in [4.78, 5) is 29.1. The second-order valence-electron chi connectivity index (χ2n) is 9.53. The number of amides is 2. The smallest absolute Gasteiger partial charge is 0.243 e. The molecule has 2 amide bonds. The fourth-order valence-corrected chi connectivity index (χ4v) is 4.40. The van der Waals surface area contributed by atoms with Gasteiger partial charge in [0.25, 0.3) is 0 Å². The first-order valence-electron chi connectivity index (χ1n) is 12.6. The predicted octanol–water partition coefficient (Wildman–Crippen LogP) is 5.71. The van der Waals surface area contributed by atoms with Crippen molar-refractivity contribution in [2.24, 2.45) is 0 Å². The number of hydrogen-bond donors (Lipinski definition) is 1. The molecule has 1 atom stereocenters. The Morgan fingerprint density at radius 3 is 2.09 bits per heavy atom. The summed E-state index contributed by atoms with van der Waals surface area (Å²) in [6.45, 7) is 9.25. The quantitative estimate of drug-likeness (QED) is 0.365. The molecule has 184 valence electrons. The lowest BCUT2D eigenvalue weighted by Crippen LogP contribution is -2.51. The number of unbranched alkanes of at least 4 members (excludes halogenated alkanes) is 1. The van der Waals surface area contributed by atoms with Crippen molar-refractivity contribution >= 4 is 11.8 Å². The van der Waals surface area contributed by atoms with E-state index in [2.05, 4.69) is 42.6 Å². The Kier molecular flexibility index (Phi) is 9.66. The summed E-state index contributed by atoms with van der Waals surface area (Å²) in [5, 5.41) is 3.08. The molecule has 0 aliphatic heterocycles. The van der Waals surface area contributed by atoms with Gasteiger partial charge in [0.05, 0.1) is 6.42 Å². The maximum absolute atomic E-state index is 13.8. The number of benzene rings is 3. The summed E-state index contributed by atoms with van der Waals surface area (Å²) >= 11 is 0. The zero-order chi connectivity index (χ0) is 25.2. The minimum atomic E-state index is -0.589. The highest BCUT2D eigenvalue weighted by molar-refractivity contribution is 5.88. The van der Waals surface area contributed by atoms with Crippen LogP contribution in [-0.4, -0.2) is 29.3 Å². The lowest BCUT2D eigenvalue weighted by Gasteiger charge is -2.32. The van der Waals surface area contributed by atoms with E-state index in [9.17, 15) is 9.59 Å². The minimum Gasteiger partial charge on any atom is -0.354 e. The predicted molar refractivity (Wildman–Crippen MR) is 143 cm³/mol. The first kappa shape index (κ1) is 26.2. The van der Waals surface area contributed by atoms with Gasteiger partial charge in [-0.1, -0.05) is 103 Å². The molecule has 0 radical (unpaired) electrons. The molecule has 0 bridgehead atoms. The van der Waals surface area contributed by atoms with Gasteiger partial charge in [-0.05, 0) is 43.9 Å². The van der Waals surface area contributed by atoms with Crippen molar-refractivity contribution in [3.8, 4) is 0 Å². The minimum absolute atomic E-state index is 0.0397. The van der Waals surface area contributed by atoms with Crippen LogP contribution in [-0.2, 0) is 29.0 Å². The molecule has 3 aromatic carbocycles. The van der Waals surface area contributed by atoms with Crippen LogP contribution < -0.4 is 5.32 Å². The molecule has 0 fully saturated rings. The number of nitrogens with zero attached hydrogens (tertiary/aromatic N) is 1. The van der Waals surface area contributed by atoms with E-state index in [1.54, 1.807) is 4.90 Å².